The summed E-state index contributed by atoms with van der Waals surface area (Å²) in [5.74, 6) is 1.89. The third-order valence-corrected chi connectivity index (χ3v) is 4.06. The molecule has 2 atom stereocenters. The van der Waals surface area contributed by atoms with Gasteiger partial charge in [0.1, 0.15) is 17.7 Å². The molecule has 1 heterocycles. The molecule has 2 rings (SSSR count). The molecule has 0 aromatic heterocycles. The maximum absolute atomic E-state index is 13.2. The van der Waals surface area contributed by atoms with E-state index in [2.05, 4.69) is 33.0 Å². The number of nitrogens with one attached hydrogen (secondary N) is 1. The van der Waals surface area contributed by atoms with Gasteiger partial charge in [0.15, 0.2) is 0 Å². The van der Waals surface area contributed by atoms with Crippen LogP contribution in [0.1, 0.15) is 39.7 Å². The van der Waals surface area contributed by atoms with Crippen LogP contribution in [0, 0.1) is 17.7 Å². The van der Waals surface area contributed by atoms with Crippen LogP contribution >= 0.6 is 0 Å². The Morgan fingerprint density at radius 3 is 2.70 bits per heavy atom. The molecule has 0 radical (unpaired) electrons. The van der Waals surface area contributed by atoms with Crippen molar-refractivity contribution < 1.29 is 9.13 Å². The highest BCUT2D eigenvalue weighted by Crippen LogP contribution is 2.32. The Balaban J connectivity index is 1.93. The van der Waals surface area contributed by atoms with E-state index in [0.29, 0.717) is 17.9 Å². The van der Waals surface area contributed by atoms with Gasteiger partial charge in [0, 0.05) is 18.0 Å². The van der Waals surface area contributed by atoms with Crippen LogP contribution < -0.4 is 10.1 Å². The van der Waals surface area contributed by atoms with Gasteiger partial charge in [-0.25, -0.2) is 4.39 Å². The van der Waals surface area contributed by atoms with E-state index in [0.717, 1.165) is 30.7 Å². The SMILES string of the molecule is CC(C)NCC(CC1Cc2cc(F)ccc2O1)C(C)C. The highest BCUT2D eigenvalue weighted by molar-refractivity contribution is 5.37. The summed E-state index contributed by atoms with van der Waals surface area (Å²) in [5.41, 5.74) is 1.01. The van der Waals surface area contributed by atoms with E-state index in [1.54, 1.807) is 12.1 Å². The molecule has 1 aromatic rings. The van der Waals surface area contributed by atoms with Crippen LogP contribution in [0.2, 0.25) is 0 Å². The van der Waals surface area contributed by atoms with Crippen molar-refractivity contribution in [1.82, 2.24) is 5.32 Å². The number of hydrogen-bond donors (Lipinski definition) is 1. The van der Waals surface area contributed by atoms with Crippen LogP contribution in [0.3, 0.4) is 0 Å². The van der Waals surface area contributed by atoms with Gasteiger partial charge in [-0.2, -0.15) is 0 Å². The summed E-state index contributed by atoms with van der Waals surface area (Å²) in [4.78, 5) is 0. The van der Waals surface area contributed by atoms with Gasteiger partial charge in [-0.05, 0) is 43.0 Å². The molecule has 1 aliphatic rings. The van der Waals surface area contributed by atoms with Crippen LogP contribution in [0.15, 0.2) is 18.2 Å². The predicted molar refractivity (Wildman–Crippen MR) is 80.6 cm³/mol. The molecule has 3 heteroatoms. The lowest BCUT2D eigenvalue weighted by molar-refractivity contribution is 0.171. The van der Waals surface area contributed by atoms with E-state index in [1.165, 1.54) is 6.07 Å². The molecule has 0 saturated heterocycles. The summed E-state index contributed by atoms with van der Waals surface area (Å²) in [6.07, 6.45) is 2.04. The summed E-state index contributed by atoms with van der Waals surface area (Å²) in [5, 5.41) is 3.52. The highest BCUT2D eigenvalue weighted by atomic mass is 19.1. The summed E-state index contributed by atoms with van der Waals surface area (Å²) < 4.78 is 19.2. The molecule has 112 valence electrons. The maximum Gasteiger partial charge on any atom is 0.123 e. The normalized spacial score (nSPS) is 19.2. The molecule has 20 heavy (non-hydrogen) atoms. The average molecular weight is 279 g/mol. The van der Waals surface area contributed by atoms with Crippen molar-refractivity contribution >= 4 is 0 Å². The zero-order valence-electron chi connectivity index (χ0n) is 12.9. The lowest BCUT2D eigenvalue weighted by Gasteiger charge is -2.25. The Bertz CT molecular complexity index is 445. The van der Waals surface area contributed by atoms with E-state index in [-0.39, 0.29) is 11.9 Å². The van der Waals surface area contributed by atoms with Gasteiger partial charge >= 0.3 is 0 Å². The topological polar surface area (TPSA) is 21.3 Å². The number of benzene rings is 1. The first-order valence-corrected chi connectivity index (χ1v) is 7.64. The minimum Gasteiger partial charge on any atom is -0.490 e. The van der Waals surface area contributed by atoms with Crippen LogP contribution in [0.25, 0.3) is 0 Å². The Labute approximate surface area is 121 Å². The number of fused-ring (bicyclic) bond motifs is 1. The first-order chi connectivity index (χ1) is 9.45. The third kappa shape index (κ3) is 3.95. The van der Waals surface area contributed by atoms with Crippen molar-refractivity contribution in [1.29, 1.82) is 0 Å². The quantitative estimate of drug-likeness (QED) is 0.855. The third-order valence-electron chi connectivity index (χ3n) is 4.06. The molecule has 2 nitrogen and oxygen atoms in total. The Kier molecular flexibility index (Phi) is 5.03. The van der Waals surface area contributed by atoms with Crippen molar-refractivity contribution in [3.63, 3.8) is 0 Å². The van der Waals surface area contributed by atoms with E-state index in [1.807, 2.05) is 0 Å². The molecule has 0 aliphatic carbocycles. The molecule has 1 N–H and O–H groups in total. The number of rotatable bonds is 6. The molecule has 0 spiro atoms. The summed E-state index contributed by atoms with van der Waals surface area (Å²) in [6, 6.07) is 5.33. The Morgan fingerprint density at radius 1 is 1.30 bits per heavy atom. The maximum atomic E-state index is 13.2. The lowest BCUT2D eigenvalue weighted by Crippen LogP contribution is -2.34. The second-order valence-electron chi connectivity index (χ2n) is 6.50. The molecule has 0 amide bonds. The van der Waals surface area contributed by atoms with Crippen LogP contribution in [-0.2, 0) is 6.42 Å². The van der Waals surface area contributed by atoms with Gasteiger partial charge < -0.3 is 10.1 Å². The largest absolute Gasteiger partial charge is 0.490 e. The summed E-state index contributed by atoms with van der Waals surface area (Å²) in [6.45, 7) is 9.87. The molecule has 0 fully saturated rings. The van der Waals surface area contributed by atoms with Gasteiger partial charge in [0.2, 0.25) is 0 Å². The number of hydrogen-bond acceptors (Lipinski definition) is 2. The van der Waals surface area contributed by atoms with Gasteiger partial charge in [0.25, 0.3) is 0 Å². The van der Waals surface area contributed by atoms with Crippen molar-refractivity contribution in [3.8, 4) is 5.75 Å². The average Bonchev–Trinajstić information content (AvgIpc) is 2.75. The molecule has 2 unspecified atom stereocenters. The summed E-state index contributed by atoms with van der Waals surface area (Å²) in [7, 11) is 0. The molecular formula is C17H26FNO. The van der Waals surface area contributed by atoms with Gasteiger partial charge in [-0.3, -0.25) is 0 Å². The lowest BCUT2D eigenvalue weighted by atomic mass is 9.88. The van der Waals surface area contributed by atoms with E-state index in [4.69, 9.17) is 4.74 Å². The fourth-order valence-corrected chi connectivity index (χ4v) is 2.74. The molecule has 0 bridgehead atoms. The van der Waals surface area contributed by atoms with Crippen molar-refractivity contribution in [2.45, 2.75) is 52.7 Å². The van der Waals surface area contributed by atoms with Crippen LogP contribution in [-0.4, -0.2) is 18.7 Å². The van der Waals surface area contributed by atoms with Crippen molar-refractivity contribution in [2.24, 2.45) is 11.8 Å². The monoisotopic (exact) mass is 279 g/mol. The van der Waals surface area contributed by atoms with E-state index in [9.17, 15) is 4.39 Å². The second kappa shape index (κ2) is 6.57. The summed E-state index contributed by atoms with van der Waals surface area (Å²) >= 11 is 0. The van der Waals surface area contributed by atoms with Crippen molar-refractivity contribution in [3.05, 3.63) is 29.6 Å². The van der Waals surface area contributed by atoms with Gasteiger partial charge in [0.05, 0.1) is 0 Å². The Morgan fingerprint density at radius 2 is 2.05 bits per heavy atom. The standard InChI is InChI=1S/C17H26FNO/c1-11(2)14(10-19-12(3)4)9-16-8-13-7-15(18)5-6-17(13)20-16/h5-7,11-12,14,16,19H,8-10H2,1-4H3. The Hall–Kier alpha value is -1.09. The number of ether oxygens (including phenoxy) is 1. The van der Waals surface area contributed by atoms with Gasteiger partial charge in [-0.1, -0.05) is 27.7 Å². The number of halogens is 1. The first-order valence-electron chi connectivity index (χ1n) is 7.64. The predicted octanol–water partition coefficient (Wildman–Crippen LogP) is 3.79. The van der Waals surface area contributed by atoms with Crippen molar-refractivity contribution in [2.75, 3.05) is 6.54 Å². The van der Waals surface area contributed by atoms with E-state index >= 15 is 0 Å². The highest BCUT2D eigenvalue weighted by Gasteiger charge is 2.27. The first kappa shape index (κ1) is 15.3. The zero-order chi connectivity index (χ0) is 14.7. The minimum atomic E-state index is -0.171. The molecule has 1 aromatic carbocycles. The van der Waals surface area contributed by atoms with Crippen LogP contribution in [0.5, 0.6) is 5.75 Å². The second-order valence-corrected chi connectivity index (χ2v) is 6.50. The van der Waals surface area contributed by atoms with E-state index < -0.39 is 0 Å². The fraction of sp³-hybridized carbons (Fsp3) is 0.647. The smallest absolute Gasteiger partial charge is 0.123 e. The molecule has 0 saturated carbocycles. The molecular weight excluding hydrogens is 253 g/mol. The van der Waals surface area contributed by atoms with Crippen LogP contribution in [0.4, 0.5) is 4.39 Å². The minimum absolute atomic E-state index is 0.171. The fourth-order valence-electron chi connectivity index (χ4n) is 2.74. The molecule has 1 aliphatic heterocycles. The zero-order valence-corrected chi connectivity index (χ0v) is 12.9. The van der Waals surface area contributed by atoms with Gasteiger partial charge in [-0.15, -0.1) is 0 Å².